The van der Waals surface area contributed by atoms with Crippen molar-refractivity contribution in [1.82, 2.24) is 4.98 Å². The van der Waals surface area contributed by atoms with E-state index in [2.05, 4.69) is 10.2 Å². The lowest BCUT2D eigenvalue weighted by Gasteiger charge is -2.28. The Labute approximate surface area is 164 Å². The molecule has 0 radical (unpaired) electrons. The number of para-hydroxylation sites is 2. The summed E-state index contributed by atoms with van der Waals surface area (Å²) in [5.41, 5.74) is 2.56. The second kappa shape index (κ2) is 8.27. The van der Waals surface area contributed by atoms with Gasteiger partial charge in [-0.1, -0.05) is 30.3 Å². The number of hydrogen-bond acceptors (Lipinski definition) is 5. The van der Waals surface area contributed by atoms with Crippen LogP contribution in [0.4, 0.5) is 11.5 Å². The number of hydrogen-bond donors (Lipinski definition) is 1. The number of morpholine rings is 1. The maximum Gasteiger partial charge on any atom is 0.262 e. The highest BCUT2D eigenvalue weighted by Gasteiger charge is 2.14. The van der Waals surface area contributed by atoms with Gasteiger partial charge in [0.25, 0.3) is 5.91 Å². The van der Waals surface area contributed by atoms with Crippen molar-refractivity contribution in [2.45, 2.75) is 6.92 Å². The van der Waals surface area contributed by atoms with Crippen molar-refractivity contribution in [1.29, 1.82) is 0 Å². The van der Waals surface area contributed by atoms with Crippen molar-refractivity contribution < 1.29 is 14.3 Å². The summed E-state index contributed by atoms with van der Waals surface area (Å²) in [4.78, 5) is 19.3. The van der Waals surface area contributed by atoms with Gasteiger partial charge in [0, 0.05) is 24.2 Å². The smallest absolute Gasteiger partial charge is 0.262 e. The van der Waals surface area contributed by atoms with Crippen LogP contribution in [0.1, 0.15) is 5.56 Å². The van der Waals surface area contributed by atoms with Gasteiger partial charge in [-0.3, -0.25) is 4.79 Å². The van der Waals surface area contributed by atoms with Crippen LogP contribution in [0.2, 0.25) is 0 Å². The van der Waals surface area contributed by atoms with Gasteiger partial charge in [0.15, 0.2) is 6.61 Å². The molecule has 0 atom stereocenters. The largest absolute Gasteiger partial charge is 0.481 e. The molecule has 3 aromatic rings. The number of pyridine rings is 1. The Morgan fingerprint density at radius 2 is 1.93 bits per heavy atom. The van der Waals surface area contributed by atoms with Crippen molar-refractivity contribution in [3.05, 3.63) is 60.2 Å². The zero-order chi connectivity index (χ0) is 19.3. The third kappa shape index (κ3) is 4.07. The van der Waals surface area contributed by atoms with Crippen LogP contribution < -0.4 is 15.0 Å². The van der Waals surface area contributed by atoms with Gasteiger partial charge in [0.05, 0.1) is 13.2 Å². The summed E-state index contributed by atoms with van der Waals surface area (Å²) < 4.78 is 11.2. The molecule has 0 unspecified atom stereocenters. The molecule has 2 aromatic carbocycles. The average molecular weight is 377 g/mol. The van der Waals surface area contributed by atoms with Crippen LogP contribution in [0.25, 0.3) is 10.9 Å². The molecule has 6 heteroatoms. The van der Waals surface area contributed by atoms with E-state index in [1.54, 1.807) is 0 Å². The minimum atomic E-state index is -0.198. The quantitative estimate of drug-likeness (QED) is 0.738. The van der Waals surface area contributed by atoms with Crippen LogP contribution in [-0.2, 0) is 9.53 Å². The van der Waals surface area contributed by atoms with E-state index in [-0.39, 0.29) is 12.5 Å². The predicted octanol–water partition coefficient (Wildman–Crippen LogP) is 3.40. The summed E-state index contributed by atoms with van der Waals surface area (Å²) in [6, 6.07) is 17.5. The van der Waals surface area contributed by atoms with Crippen LogP contribution in [-0.4, -0.2) is 43.8 Å². The fourth-order valence-electron chi connectivity index (χ4n) is 3.24. The molecular formula is C22H23N3O3. The van der Waals surface area contributed by atoms with E-state index >= 15 is 0 Å². The number of aromatic nitrogens is 1. The first-order valence-corrected chi connectivity index (χ1v) is 9.41. The molecule has 1 aliphatic rings. The highest BCUT2D eigenvalue weighted by atomic mass is 16.5. The number of rotatable bonds is 5. The zero-order valence-electron chi connectivity index (χ0n) is 15.9. The molecule has 144 valence electrons. The van der Waals surface area contributed by atoms with Gasteiger partial charge in [-0.05, 0) is 36.8 Å². The number of amides is 1. The molecule has 1 saturated heterocycles. The number of carbonyl (C=O) groups is 1. The molecule has 0 bridgehead atoms. The summed E-state index contributed by atoms with van der Waals surface area (Å²) in [5.74, 6) is 1.30. The van der Waals surface area contributed by atoms with E-state index in [1.807, 2.05) is 61.5 Å². The summed E-state index contributed by atoms with van der Waals surface area (Å²) in [5, 5.41) is 3.87. The molecular weight excluding hydrogens is 354 g/mol. The Hall–Kier alpha value is -3.12. The normalized spacial score (nSPS) is 14.1. The number of fused-ring (bicyclic) bond motifs is 1. The summed E-state index contributed by atoms with van der Waals surface area (Å²) in [7, 11) is 0. The second-order valence-corrected chi connectivity index (χ2v) is 6.75. The van der Waals surface area contributed by atoms with Gasteiger partial charge < -0.3 is 19.7 Å². The maximum atomic E-state index is 12.3. The van der Waals surface area contributed by atoms with Gasteiger partial charge in [0.1, 0.15) is 17.1 Å². The molecule has 1 amide bonds. The Balaban J connectivity index is 1.49. The molecule has 0 spiro atoms. The number of carbonyl (C=O) groups excluding carboxylic acids is 1. The molecule has 0 aliphatic carbocycles. The summed E-state index contributed by atoms with van der Waals surface area (Å²) in [6.07, 6.45) is 0. The van der Waals surface area contributed by atoms with Crippen molar-refractivity contribution in [3.8, 4) is 5.75 Å². The highest BCUT2D eigenvalue weighted by molar-refractivity contribution is 5.93. The first-order valence-electron chi connectivity index (χ1n) is 9.41. The SMILES string of the molecule is Cc1ccccc1NC(=O)COc1cccc2ccc(N3CCOCC3)nc12. The van der Waals surface area contributed by atoms with Gasteiger partial charge in [-0.25, -0.2) is 4.98 Å². The number of benzene rings is 2. The predicted molar refractivity (Wildman–Crippen MR) is 110 cm³/mol. The second-order valence-electron chi connectivity index (χ2n) is 6.75. The third-order valence-corrected chi connectivity index (χ3v) is 4.78. The standard InChI is InChI=1S/C22H23N3O3/c1-16-5-2-3-7-18(16)23-21(26)15-28-19-8-4-6-17-9-10-20(24-22(17)19)25-11-13-27-14-12-25/h2-10H,11-15H2,1H3,(H,23,26). The highest BCUT2D eigenvalue weighted by Crippen LogP contribution is 2.27. The first kappa shape index (κ1) is 18.3. The average Bonchev–Trinajstić information content (AvgIpc) is 2.74. The van der Waals surface area contributed by atoms with E-state index in [9.17, 15) is 4.79 Å². The molecule has 6 nitrogen and oxygen atoms in total. The molecule has 0 saturated carbocycles. The number of aryl methyl sites for hydroxylation is 1. The van der Waals surface area contributed by atoms with Gasteiger partial charge in [0.2, 0.25) is 0 Å². The Kier molecular flexibility index (Phi) is 5.39. The van der Waals surface area contributed by atoms with E-state index in [0.717, 1.165) is 41.1 Å². The molecule has 28 heavy (non-hydrogen) atoms. The van der Waals surface area contributed by atoms with Crippen LogP contribution in [0.15, 0.2) is 54.6 Å². The minimum Gasteiger partial charge on any atom is -0.481 e. The number of anilines is 2. The molecule has 2 heterocycles. The van der Waals surface area contributed by atoms with Crippen molar-refractivity contribution in [2.24, 2.45) is 0 Å². The number of ether oxygens (including phenoxy) is 2. The lowest BCUT2D eigenvalue weighted by atomic mass is 10.2. The molecule has 1 aromatic heterocycles. The zero-order valence-corrected chi connectivity index (χ0v) is 15.9. The lowest BCUT2D eigenvalue weighted by molar-refractivity contribution is -0.118. The fourth-order valence-corrected chi connectivity index (χ4v) is 3.24. The molecule has 1 N–H and O–H groups in total. The van der Waals surface area contributed by atoms with E-state index in [0.29, 0.717) is 19.0 Å². The van der Waals surface area contributed by atoms with E-state index < -0.39 is 0 Å². The Morgan fingerprint density at radius 1 is 1.11 bits per heavy atom. The van der Waals surface area contributed by atoms with E-state index in [4.69, 9.17) is 14.5 Å². The van der Waals surface area contributed by atoms with Crippen molar-refractivity contribution in [2.75, 3.05) is 43.1 Å². The maximum absolute atomic E-state index is 12.3. The topological polar surface area (TPSA) is 63.7 Å². The summed E-state index contributed by atoms with van der Waals surface area (Å²) in [6.45, 7) is 4.93. The lowest BCUT2D eigenvalue weighted by Crippen LogP contribution is -2.36. The minimum absolute atomic E-state index is 0.0725. The van der Waals surface area contributed by atoms with Crippen molar-refractivity contribution >= 4 is 28.3 Å². The molecule has 1 aliphatic heterocycles. The fraction of sp³-hybridized carbons (Fsp3) is 0.273. The van der Waals surface area contributed by atoms with Gasteiger partial charge >= 0.3 is 0 Å². The van der Waals surface area contributed by atoms with E-state index in [1.165, 1.54) is 0 Å². The van der Waals surface area contributed by atoms with Crippen LogP contribution in [0.5, 0.6) is 5.75 Å². The molecule has 4 rings (SSSR count). The Bertz CT molecular complexity index is 984. The van der Waals surface area contributed by atoms with Crippen LogP contribution >= 0.6 is 0 Å². The van der Waals surface area contributed by atoms with Gasteiger partial charge in [-0.2, -0.15) is 0 Å². The van der Waals surface area contributed by atoms with Crippen LogP contribution in [0.3, 0.4) is 0 Å². The monoisotopic (exact) mass is 377 g/mol. The number of nitrogens with zero attached hydrogens (tertiary/aromatic N) is 2. The van der Waals surface area contributed by atoms with Gasteiger partial charge in [-0.15, -0.1) is 0 Å². The number of nitrogens with one attached hydrogen (secondary N) is 1. The molecule has 1 fully saturated rings. The van der Waals surface area contributed by atoms with Crippen molar-refractivity contribution in [3.63, 3.8) is 0 Å². The Morgan fingerprint density at radius 3 is 2.75 bits per heavy atom. The first-order chi connectivity index (χ1) is 13.7. The van der Waals surface area contributed by atoms with Crippen LogP contribution in [0, 0.1) is 6.92 Å². The summed E-state index contributed by atoms with van der Waals surface area (Å²) >= 11 is 0. The third-order valence-electron chi connectivity index (χ3n) is 4.78.